The fourth-order valence-corrected chi connectivity index (χ4v) is 2.68. The highest BCUT2D eigenvalue weighted by molar-refractivity contribution is 7.85. The number of amides is 1. The predicted molar refractivity (Wildman–Crippen MR) is 98.4 cm³/mol. The molecule has 0 aliphatic carbocycles. The van der Waals surface area contributed by atoms with Crippen LogP contribution in [-0.4, -0.2) is 18.9 Å². The van der Waals surface area contributed by atoms with Crippen molar-refractivity contribution in [1.29, 1.82) is 5.26 Å². The van der Waals surface area contributed by atoms with E-state index in [4.69, 9.17) is 16.2 Å². The number of anilines is 2. The molecule has 0 radical (unpaired) electrons. The molecular weight excluding hydrogens is 378 g/mol. The Labute approximate surface area is 155 Å². The van der Waals surface area contributed by atoms with Gasteiger partial charge in [0.1, 0.15) is 11.6 Å². The number of nitrogens with one attached hydrogen (secondary N) is 2. The van der Waals surface area contributed by atoms with Crippen molar-refractivity contribution in [3.8, 4) is 6.07 Å². The van der Waals surface area contributed by atoms with E-state index in [1.54, 1.807) is 31.2 Å². The minimum Gasteiger partial charge on any atom is -0.360 e. The highest BCUT2D eigenvalue weighted by Crippen LogP contribution is 2.23. The first-order valence-corrected chi connectivity index (χ1v) is 9.05. The van der Waals surface area contributed by atoms with Crippen molar-refractivity contribution in [3.63, 3.8) is 0 Å². The van der Waals surface area contributed by atoms with Crippen LogP contribution in [0.2, 0.25) is 5.02 Å². The second-order valence-electron chi connectivity index (χ2n) is 5.18. The van der Waals surface area contributed by atoms with E-state index in [2.05, 4.69) is 10.6 Å². The molecule has 0 saturated carbocycles. The molecule has 9 heteroatoms. The van der Waals surface area contributed by atoms with Gasteiger partial charge in [0.15, 0.2) is 0 Å². The lowest BCUT2D eigenvalue weighted by Gasteiger charge is -2.09. The normalized spacial score (nSPS) is 11.5. The summed E-state index contributed by atoms with van der Waals surface area (Å²) in [7, 11) is -4.35. The van der Waals surface area contributed by atoms with E-state index < -0.39 is 16.0 Å². The number of carbonyl (C=O) groups is 1. The van der Waals surface area contributed by atoms with E-state index in [1.165, 1.54) is 24.3 Å². The molecule has 0 aliphatic heterocycles. The first kappa shape index (κ1) is 19.5. The summed E-state index contributed by atoms with van der Waals surface area (Å²) in [6.07, 6.45) is 1.14. The molecule has 0 spiro atoms. The zero-order valence-electron chi connectivity index (χ0n) is 13.5. The molecule has 0 fully saturated rings. The number of hydrogen-bond acceptors (Lipinski definition) is 5. The quantitative estimate of drug-likeness (QED) is 0.408. The molecule has 0 unspecified atom stereocenters. The molecule has 26 heavy (non-hydrogen) atoms. The van der Waals surface area contributed by atoms with Gasteiger partial charge in [0.25, 0.3) is 16.0 Å². The molecule has 3 N–H and O–H groups in total. The van der Waals surface area contributed by atoms with Gasteiger partial charge in [-0.2, -0.15) is 13.7 Å². The fraction of sp³-hybridized carbons (Fsp3) is 0.0588. The number of hydrogen-bond donors (Lipinski definition) is 3. The van der Waals surface area contributed by atoms with Gasteiger partial charge >= 0.3 is 0 Å². The van der Waals surface area contributed by atoms with Crippen LogP contribution in [0, 0.1) is 18.3 Å². The molecule has 2 aromatic rings. The first-order chi connectivity index (χ1) is 12.2. The Bertz CT molecular complexity index is 1030. The molecule has 0 heterocycles. The van der Waals surface area contributed by atoms with Crippen molar-refractivity contribution in [2.45, 2.75) is 11.8 Å². The Morgan fingerprint density at radius 1 is 1.27 bits per heavy atom. The van der Waals surface area contributed by atoms with Crippen molar-refractivity contribution in [3.05, 3.63) is 64.8 Å². The Kier molecular flexibility index (Phi) is 6.00. The summed E-state index contributed by atoms with van der Waals surface area (Å²) in [5.74, 6) is -0.656. The van der Waals surface area contributed by atoms with Crippen molar-refractivity contribution in [2.75, 3.05) is 10.6 Å². The zero-order valence-corrected chi connectivity index (χ0v) is 15.1. The third-order valence-electron chi connectivity index (χ3n) is 3.40. The lowest BCUT2D eigenvalue weighted by molar-refractivity contribution is -0.112. The maximum atomic E-state index is 12.2. The van der Waals surface area contributed by atoms with Gasteiger partial charge in [0.05, 0.1) is 4.90 Å². The van der Waals surface area contributed by atoms with Crippen LogP contribution < -0.4 is 10.6 Å². The van der Waals surface area contributed by atoms with Gasteiger partial charge in [-0.05, 0) is 42.8 Å². The summed E-state index contributed by atoms with van der Waals surface area (Å²) < 4.78 is 31.3. The summed E-state index contributed by atoms with van der Waals surface area (Å²) in [5, 5.41) is 14.9. The minimum absolute atomic E-state index is 0.235. The molecular formula is C17H14ClN3O4S. The topological polar surface area (TPSA) is 119 Å². The predicted octanol–water partition coefficient (Wildman–Crippen LogP) is 3.35. The zero-order chi connectivity index (χ0) is 19.3. The molecule has 0 aliphatic rings. The average molecular weight is 392 g/mol. The second kappa shape index (κ2) is 8.01. The Morgan fingerprint density at radius 2 is 1.96 bits per heavy atom. The minimum atomic E-state index is -4.35. The summed E-state index contributed by atoms with van der Waals surface area (Å²) in [5.41, 5.74) is 1.17. The third kappa shape index (κ3) is 4.83. The molecule has 0 aromatic heterocycles. The van der Waals surface area contributed by atoms with Crippen LogP contribution in [0.3, 0.4) is 0 Å². The highest BCUT2D eigenvalue weighted by Gasteiger charge is 2.12. The number of benzene rings is 2. The number of rotatable bonds is 5. The van der Waals surface area contributed by atoms with Gasteiger partial charge < -0.3 is 10.6 Å². The van der Waals surface area contributed by atoms with Gasteiger partial charge in [-0.3, -0.25) is 9.35 Å². The van der Waals surface area contributed by atoms with Gasteiger partial charge in [-0.15, -0.1) is 0 Å². The summed E-state index contributed by atoms with van der Waals surface area (Å²) >= 11 is 5.99. The Morgan fingerprint density at radius 3 is 2.62 bits per heavy atom. The highest BCUT2D eigenvalue weighted by atomic mass is 35.5. The van der Waals surface area contributed by atoms with Crippen LogP contribution in [-0.2, 0) is 14.9 Å². The Hall–Kier alpha value is -2.86. The second-order valence-corrected chi connectivity index (χ2v) is 7.01. The molecule has 0 atom stereocenters. The van der Waals surface area contributed by atoms with Crippen molar-refractivity contribution >= 4 is 39.0 Å². The maximum Gasteiger partial charge on any atom is 0.294 e. The molecule has 134 valence electrons. The van der Waals surface area contributed by atoms with Gasteiger partial charge in [-0.25, -0.2) is 0 Å². The molecule has 1 amide bonds. The maximum absolute atomic E-state index is 12.2. The van der Waals surface area contributed by atoms with E-state index in [9.17, 15) is 18.5 Å². The van der Waals surface area contributed by atoms with Crippen LogP contribution in [0.25, 0.3) is 0 Å². The van der Waals surface area contributed by atoms with Crippen LogP contribution >= 0.6 is 11.6 Å². The molecule has 2 rings (SSSR count). The van der Waals surface area contributed by atoms with Crippen molar-refractivity contribution in [1.82, 2.24) is 0 Å². The smallest absolute Gasteiger partial charge is 0.294 e. The number of nitrogens with zero attached hydrogens (tertiary/aromatic N) is 1. The van der Waals surface area contributed by atoms with Gasteiger partial charge in [-0.1, -0.05) is 23.7 Å². The first-order valence-electron chi connectivity index (χ1n) is 7.23. The lowest BCUT2D eigenvalue weighted by Crippen LogP contribution is -2.15. The average Bonchev–Trinajstić information content (AvgIpc) is 2.59. The largest absolute Gasteiger partial charge is 0.360 e. The standard InChI is InChI=1S/C17H14ClN3O4S/c1-11-15(18)6-3-7-16(11)21-17(22)12(9-19)10-20-13-4-2-5-14(8-13)26(23,24)25/h2-8,10,20H,1H3,(H,21,22)(H,23,24,25)/b12-10-. The van der Waals surface area contributed by atoms with Crippen LogP contribution in [0.4, 0.5) is 11.4 Å². The molecule has 0 bridgehead atoms. The molecule has 2 aromatic carbocycles. The van der Waals surface area contributed by atoms with E-state index in [0.717, 1.165) is 6.20 Å². The molecule has 0 saturated heterocycles. The number of nitriles is 1. The number of carbonyl (C=O) groups excluding carboxylic acids is 1. The fourth-order valence-electron chi connectivity index (χ4n) is 1.98. The van der Waals surface area contributed by atoms with Gasteiger partial charge in [0.2, 0.25) is 0 Å². The summed E-state index contributed by atoms with van der Waals surface area (Å²) in [6.45, 7) is 1.73. The van der Waals surface area contributed by atoms with Crippen LogP contribution in [0.15, 0.2) is 59.1 Å². The van der Waals surface area contributed by atoms with Crippen molar-refractivity contribution in [2.24, 2.45) is 0 Å². The SMILES string of the molecule is Cc1c(Cl)cccc1NC(=O)/C(C#N)=C\Nc1cccc(S(=O)(=O)O)c1. The van der Waals surface area contributed by atoms with Crippen molar-refractivity contribution < 1.29 is 17.8 Å². The van der Waals surface area contributed by atoms with Crippen LogP contribution in [0.1, 0.15) is 5.56 Å². The van der Waals surface area contributed by atoms with Gasteiger partial charge in [0, 0.05) is 22.6 Å². The van der Waals surface area contributed by atoms with E-state index in [0.29, 0.717) is 16.3 Å². The van der Waals surface area contributed by atoms with E-state index in [-0.39, 0.29) is 16.2 Å². The number of halogens is 1. The summed E-state index contributed by atoms with van der Waals surface area (Å²) in [6, 6.07) is 12.0. The third-order valence-corrected chi connectivity index (χ3v) is 4.66. The summed E-state index contributed by atoms with van der Waals surface area (Å²) in [4.78, 5) is 11.9. The molecule has 7 nitrogen and oxygen atoms in total. The van der Waals surface area contributed by atoms with E-state index in [1.807, 2.05) is 0 Å². The van der Waals surface area contributed by atoms with E-state index >= 15 is 0 Å². The monoisotopic (exact) mass is 391 g/mol. The lowest BCUT2D eigenvalue weighted by atomic mass is 10.2. The van der Waals surface area contributed by atoms with Crippen LogP contribution in [0.5, 0.6) is 0 Å². The Balaban J connectivity index is 2.19.